The molecule has 0 aliphatic carbocycles. The van der Waals surface area contributed by atoms with E-state index in [1.165, 1.54) is 13.0 Å². The fourth-order valence-corrected chi connectivity index (χ4v) is 2.36. The van der Waals surface area contributed by atoms with Crippen LogP contribution in [0.2, 0.25) is 0 Å². The van der Waals surface area contributed by atoms with Crippen molar-refractivity contribution >= 4 is 27.9 Å². The molecule has 0 spiro atoms. The van der Waals surface area contributed by atoms with E-state index in [9.17, 15) is 22.8 Å². The number of carboxylic acid groups (broad SMARTS) is 1. The molecule has 0 bridgehead atoms. The number of hydrogen-bond donors (Lipinski definition) is 3. The van der Waals surface area contributed by atoms with Gasteiger partial charge in [0.2, 0.25) is 0 Å². The summed E-state index contributed by atoms with van der Waals surface area (Å²) in [6.07, 6.45) is -3.90. The summed E-state index contributed by atoms with van der Waals surface area (Å²) in [5.74, 6) is -1.50. The van der Waals surface area contributed by atoms with Gasteiger partial charge in [-0.2, -0.15) is 18.7 Å². The van der Waals surface area contributed by atoms with Gasteiger partial charge >= 0.3 is 18.2 Å². The highest BCUT2D eigenvalue weighted by atomic mass is 79.9. The molecule has 0 saturated carbocycles. The van der Waals surface area contributed by atoms with E-state index >= 15 is 0 Å². The zero-order valence-corrected chi connectivity index (χ0v) is 14.4. The molecule has 0 aliphatic rings. The van der Waals surface area contributed by atoms with Crippen molar-refractivity contribution in [3.63, 3.8) is 0 Å². The normalized spacial score (nSPS) is 13.8. The zero-order valence-electron chi connectivity index (χ0n) is 12.8. The summed E-state index contributed by atoms with van der Waals surface area (Å²) in [7, 11) is 0. The van der Waals surface area contributed by atoms with Crippen LogP contribution >= 0.6 is 15.9 Å². The van der Waals surface area contributed by atoms with E-state index in [-0.39, 0.29) is 16.6 Å². The van der Waals surface area contributed by atoms with Crippen molar-refractivity contribution in [3.8, 4) is 5.75 Å². The second kappa shape index (κ2) is 7.73. The molecule has 24 heavy (non-hydrogen) atoms. The standard InChI is InChI=1S/C14H16BrF3N2O4/c1-3-4-13(2,11(21)22)19-12(23)20-24-10-6-8(14(16,17)18)5-9(15)7-10/h5-7H,3-4H2,1-2H3,(H,21,22)(H2,19,20,23). The third-order valence-corrected chi connectivity index (χ3v) is 3.53. The monoisotopic (exact) mass is 412 g/mol. The Morgan fingerprint density at radius 3 is 2.42 bits per heavy atom. The summed E-state index contributed by atoms with van der Waals surface area (Å²) >= 11 is 2.91. The van der Waals surface area contributed by atoms with Crippen LogP contribution in [0.3, 0.4) is 0 Å². The van der Waals surface area contributed by atoms with Gasteiger partial charge in [0.05, 0.1) is 5.56 Å². The third-order valence-electron chi connectivity index (χ3n) is 3.07. The van der Waals surface area contributed by atoms with Gasteiger partial charge in [0.1, 0.15) is 5.54 Å². The maximum atomic E-state index is 12.7. The van der Waals surface area contributed by atoms with Gasteiger partial charge in [0, 0.05) is 4.47 Å². The Kier molecular flexibility index (Phi) is 6.47. The van der Waals surface area contributed by atoms with Crippen LogP contribution in [0.25, 0.3) is 0 Å². The van der Waals surface area contributed by atoms with E-state index in [2.05, 4.69) is 21.2 Å². The summed E-state index contributed by atoms with van der Waals surface area (Å²) in [6, 6.07) is 1.79. The number of carboxylic acids is 1. The molecule has 0 heterocycles. The average molecular weight is 413 g/mol. The summed E-state index contributed by atoms with van der Waals surface area (Å²) in [4.78, 5) is 27.7. The van der Waals surface area contributed by atoms with Crippen LogP contribution in [0.4, 0.5) is 18.0 Å². The molecule has 0 saturated heterocycles. The first-order valence-corrected chi connectivity index (χ1v) is 7.63. The molecule has 0 radical (unpaired) electrons. The lowest BCUT2D eigenvalue weighted by Gasteiger charge is -2.25. The Morgan fingerprint density at radius 2 is 1.92 bits per heavy atom. The molecule has 1 atom stereocenters. The van der Waals surface area contributed by atoms with Crippen LogP contribution in [0.15, 0.2) is 22.7 Å². The van der Waals surface area contributed by atoms with Crippen LogP contribution in [-0.4, -0.2) is 22.6 Å². The minimum atomic E-state index is -4.58. The van der Waals surface area contributed by atoms with Gasteiger partial charge in [-0.15, -0.1) is 0 Å². The molecular formula is C14H16BrF3N2O4. The summed E-state index contributed by atoms with van der Waals surface area (Å²) in [6.45, 7) is 3.07. The molecule has 1 unspecified atom stereocenters. The molecule has 3 N–H and O–H groups in total. The fourth-order valence-electron chi connectivity index (χ4n) is 1.89. The number of amides is 2. The van der Waals surface area contributed by atoms with E-state index in [1.54, 1.807) is 6.92 Å². The van der Waals surface area contributed by atoms with Gasteiger partial charge in [-0.05, 0) is 31.5 Å². The molecule has 134 valence electrons. The Bertz CT molecular complexity index is 625. The molecular weight excluding hydrogens is 397 g/mol. The van der Waals surface area contributed by atoms with Crippen LogP contribution in [0.1, 0.15) is 32.3 Å². The molecule has 1 rings (SSSR count). The lowest BCUT2D eigenvalue weighted by atomic mass is 9.97. The van der Waals surface area contributed by atoms with Crippen molar-refractivity contribution in [1.29, 1.82) is 0 Å². The van der Waals surface area contributed by atoms with Crippen molar-refractivity contribution in [2.75, 3.05) is 0 Å². The number of rotatable bonds is 6. The van der Waals surface area contributed by atoms with Crippen LogP contribution in [-0.2, 0) is 11.0 Å². The SMILES string of the molecule is CCCC(C)(NC(=O)NOc1cc(Br)cc(C(F)(F)F)c1)C(=O)O. The van der Waals surface area contributed by atoms with Crippen molar-refractivity contribution in [2.45, 2.75) is 38.4 Å². The Morgan fingerprint density at radius 1 is 1.29 bits per heavy atom. The largest absolute Gasteiger partial charge is 0.480 e. The predicted molar refractivity (Wildman–Crippen MR) is 82.4 cm³/mol. The summed E-state index contributed by atoms with van der Waals surface area (Å²) in [5.41, 5.74) is -0.608. The smallest absolute Gasteiger partial charge is 0.416 e. The molecule has 10 heteroatoms. The zero-order chi connectivity index (χ0) is 18.5. The molecule has 2 amide bonds. The number of urea groups is 1. The number of alkyl halides is 3. The minimum absolute atomic E-state index is 0.107. The highest BCUT2D eigenvalue weighted by Crippen LogP contribution is 2.33. The maximum absolute atomic E-state index is 12.7. The molecule has 0 aliphatic heterocycles. The summed E-state index contributed by atoms with van der Waals surface area (Å²) < 4.78 is 38.2. The predicted octanol–water partition coefficient (Wildman–Crippen LogP) is 3.70. The number of nitrogens with one attached hydrogen (secondary N) is 2. The number of hydroxylamine groups is 1. The topological polar surface area (TPSA) is 87.7 Å². The molecule has 1 aromatic carbocycles. The average Bonchev–Trinajstić information content (AvgIpc) is 2.43. The van der Waals surface area contributed by atoms with Crippen molar-refractivity contribution in [1.82, 2.24) is 10.8 Å². The van der Waals surface area contributed by atoms with E-state index < -0.39 is 29.3 Å². The van der Waals surface area contributed by atoms with Gasteiger partial charge in [0.25, 0.3) is 0 Å². The highest BCUT2D eigenvalue weighted by Gasteiger charge is 2.34. The third kappa shape index (κ3) is 5.59. The van der Waals surface area contributed by atoms with Crippen molar-refractivity contribution < 1.29 is 32.7 Å². The highest BCUT2D eigenvalue weighted by molar-refractivity contribution is 9.10. The number of halogens is 4. The van der Waals surface area contributed by atoms with Crippen LogP contribution < -0.4 is 15.6 Å². The second-order valence-corrected chi connectivity index (χ2v) is 6.13. The number of aliphatic carboxylic acids is 1. The second-order valence-electron chi connectivity index (χ2n) is 5.22. The van der Waals surface area contributed by atoms with Gasteiger partial charge < -0.3 is 15.3 Å². The fraction of sp³-hybridized carbons (Fsp3) is 0.429. The van der Waals surface area contributed by atoms with Crippen molar-refractivity contribution in [2.24, 2.45) is 0 Å². The van der Waals surface area contributed by atoms with Gasteiger partial charge in [-0.1, -0.05) is 29.3 Å². The van der Waals surface area contributed by atoms with E-state index in [0.29, 0.717) is 12.5 Å². The lowest BCUT2D eigenvalue weighted by molar-refractivity contribution is -0.144. The van der Waals surface area contributed by atoms with Gasteiger partial charge in [-0.25, -0.2) is 9.59 Å². The first-order chi connectivity index (χ1) is 11.0. The lowest BCUT2D eigenvalue weighted by Crippen LogP contribution is -2.55. The van der Waals surface area contributed by atoms with Gasteiger partial charge in [0.15, 0.2) is 5.75 Å². The molecule has 6 nitrogen and oxygen atoms in total. The minimum Gasteiger partial charge on any atom is -0.480 e. The van der Waals surface area contributed by atoms with E-state index in [1.807, 2.05) is 5.48 Å². The van der Waals surface area contributed by atoms with E-state index in [0.717, 1.165) is 6.07 Å². The van der Waals surface area contributed by atoms with Crippen LogP contribution in [0.5, 0.6) is 5.75 Å². The van der Waals surface area contributed by atoms with Gasteiger partial charge in [-0.3, -0.25) is 0 Å². The van der Waals surface area contributed by atoms with Crippen molar-refractivity contribution in [3.05, 3.63) is 28.2 Å². The summed E-state index contributed by atoms with van der Waals surface area (Å²) in [5, 5.41) is 11.4. The quantitative estimate of drug-likeness (QED) is 0.621. The first-order valence-electron chi connectivity index (χ1n) is 6.84. The number of benzene rings is 1. The number of carbonyl (C=O) groups excluding carboxylic acids is 1. The molecule has 0 fully saturated rings. The van der Waals surface area contributed by atoms with E-state index in [4.69, 9.17) is 9.94 Å². The van der Waals surface area contributed by atoms with Crippen LogP contribution in [0, 0.1) is 0 Å². The number of carbonyl (C=O) groups is 2. The molecule has 0 aromatic heterocycles. The number of hydrogen-bond acceptors (Lipinski definition) is 3. The Hall–Kier alpha value is -1.97. The Labute approximate surface area is 144 Å². The first kappa shape index (κ1) is 20.1. The maximum Gasteiger partial charge on any atom is 0.416 e. The molecule has 1 aromatic rings. The Balaban J connectivity index is 2.77.